The van der Waals surface area contributed by atoms with Crippen LogP contribution in [0, 0.1) is 0 Å². The third kappa shape index (κ3) is 31.1. The highest BCUT2D eigenvalue weighted by atomic mass is 32.9. The molecular formula is C24H54NO2PS2. The molecule has 0 spiro atoms. The molecule has 0 saturated carbocycles. The molecule has 0 aliphatic heterocycles. The Bertz CT molecular complexity index is 332. The number of quaternary nitrogens is 1. The summed E-state index contributed by atoms with van der Waals surface area (Å²) in [5, 5.41) is 0. The Hall–Kier alpha value is 0.880. The van der Waals surface area contributed by atoms with E-state index < -0.39 is 5.69 Å². The Labute approximate surface area is 199 Å². The average Bonchev–Trinajstić information content (AvgIpc) is 2.73. The zero-order chi connectivity index (χ0) is 22.8. The molecule has 3 nitrogen and oxygen atoms in total. The fourth-order valence-corrected chi connectivity index (χ4v) is 6.50. The monoisotopic (exact) mass is 483 g/mol. The number of hydrogen-bond acceptors (Lipinski definition) is 4. The predicted molar refractivity (Wildman–Crippen MR) is 141 cm³/mol. The van der Waals surface area contributed by atoms with Gasteiger partial charge in [0.25, 0.3) is 0 Å². The maximum atomic E-state index is 11.8. The van der Waals surface area contributed by atoms with E-state index in [0.717, 1.165) is 31.6 Å². The molecule has 0 radical (unpaired) electrons. The molecule has 0 aromatic rings. The largest absolute Gasteiger partial charge is 0.793 e. The van der Waals surface area contributed by atoms with Gasteiger partial charge in [-0.05, 0) is 31.4 Å². The molecule has 0 aromatic carbocycles. The Morgan fingerprint density at radius 2 is 1.07 bits per heavy atom. The maximum absolute atomic E-state index is 11.8. The summed E-state index contributed by atoms with van der Waals surface area (Å²) in [6.45, 7) is 8.31. The number of unbranched alkanes of at least 4 members (excludes halogenated alkanes) is 15. The van der Waals surface area contributed by atoms with Crippen LogP contribution in [-0.2, 0) is 16.3 Å². The molecule has 184 valence electrons. The summed E-state index contributed by atoms with van der Waals surface area (Å²) in [6.07, 6.45) is 23.6. The second-order valence-corrected chi connectivity index (χ2v) is 14.4. The van der Waals surface area contributed by atoms with E-state index in [2.05, 4.69) is 26.5 Å². The first-order valence-electron chi connectivity index (χ1n) is 12.9. The molecule has 0 amide bonds. The van der Waals surface area contributed by atoms with Crippen LogP contribution in [0.1, 0.15) is 136 Å². The summed E-state index contributed by atoms with van der Waals surface area (Å²) in [6, 6.07) is 0. The van der Waals surface area contributed by atoms with Crippen molar-refractivity contribution in [3.8, 4) is 0 Å². The molecule has 0 bridgehead atoms. The third-order valence-electron chi connectivity index (χ3n) is 5.10. The van der Waals surface area contributed by atoms with E-state index in [-0.39, 0.29) is 0 Å². The Kier molecular flexibility index (Phi) is 30.8. The van der Waals surface area contributed by atoms with Gasteiger partial charge in [0.2, 0.25) is 0 Å². The van der Waals surface area contributed by atoms with Gasteiger partial charge in [-0.15, -0.1) is 11.4 Å². The van der Waals surface area contributed by atoms with Crippen LogP contribution in [0.25, 0.3) is 0 Å². The second kappa shape index (κ2) is 27.9. The van der Waals surface area contributed by atoms with Crippen LogP contribution in [0.5, 0.6) is 0 Å². The van der Waals surface area contributed by atoms with Gasteiger partial charge in [0.1, 0.15) is 0 Å². The first-order valence-corrected chi connectivity index (χ1v) is 17.2. The van der Waals surface area contributed by atoms with Crippen LogP contribution in [0.15, 0.2) is 0 Å². The third-order valence-corrected chi connectivity index (χ3v) is 9.46. The lowest BCUT2D eigenvalue weighted by molar-refractivity contribution is -0.368. The van der Waals surface area contributed by atoms with Crippen molar-refractivity contribution in [2.45, 2.75) is 136 Å². The smallest absolute Gasteiger partial charge is 0.0739 e. The summed E-state index contributed by atoms with van der Waals surface area (Å²) in [7, 11) is 0. The molecule has 0 rings (SSSR count). The van der Waals surface area contributed by atoms with Gasteiger partial charge in [-0.3, -0.25) is 0 Å². The lowest BCUT2D eigenvalue weighted by Gasteiger charge is -2.26. The Balaban J connectivity index is 0. The first kappa shape index (κ1) is 33.1. The lowest BCUT2D eigenvalue weighted by Crippen LogP contribution is -2.50. The molecule has 1 unspecified atom stereocenters. The molecule has 6 heteroatoms. The topological polar surface area (TPSA) is 59.9 Å². The van der Waals surface area contributed by atoms with Gasteiger partial charge in [0.05, 0.1) is 13.2 Å². The minimum Gasteiger partial charge on any atom is -0.793 e. The zero-order valence-electron chi connectivity index (χ0n) is 20.6. The fourth-order valence-electron chi connectivity index (χ4n) is 3.11. The molecule has 0 aliphatic carbocycles. The summed E-state index contributed by atoms with van der Waals surface area (Å²) >= 11 is 6.34. The molecule has 0 aromatic heterocycles. The summed E-state index contributed by atoms with van der Waals surface area (Å²) < 4.78 is 5.32. The van der Waals surface area contributed by atoms with Gasteiger partial charge in [-0.25, -0.2) is 0 Å². The van der Waals surface area contributed by atoms with Crippen molar-refractivity contribution in [3.63, 3.8) is 0 Å². The van der Waals surface area contributed by atoms with E-state index in [1.54, 1.807) is 0 Å². The summed E-state index contributed by atoms with van der Waals surface area (Å²) in [4.78, 5) is 11.8. The SMILES string of the molecule is CCCCCCCCCCCC[NH3+].CCCCCCOP([O-])(=S)SCCCCCC. The highest BCUT2D eigenvalue weighted by Crippen LogP contribution is 2.52. The van der Waals surface area contributed by atoms with Gasteiger partial charge in [-0.1, -0.05) is 122 Å². The van der Waals surface area contributed by atoms with Crippen molar-refractivity contribution in [1.82, 2.24) is 0 Å². The zero-order valence-corrected chi connectivity index (χ0v) is 23.2. The molecule has 0 saturated heterocycles. The number of rotatable bonds is 22. The Morgan fingerprint density at radius 1 is 0.667 bits per heavy atom. The molecule has 0 heterocycles. The van der Waals surface area contributed by atoms with Crippen molar-refractivity contribution < 1.29 is 15.2 Å². The summed E-state index contributed by atoms with van der Waals surface area (Å²) in [5.74, 6) is 0.871. The fraction of sp³-hybridized carbons (Fsp3) is 1.00. The lowest BCUT2D eigenvalue weighted by atomic mass is 10.1. The van der Waals surface area contributed by atoms with Crippen LogP contribution in [0.2, 0.25) is 0 Å². The quantitative estimate of drug-likeness (QED) is 0.127. The van der Waals surface area contributed by atoms with E-state index in [1.807, 2.05) is 0 Å². The highest BCUT2D eigenvalue weighted by molar-refractivity contribution is 8.67. The second-order valence-electron chi connectivity index (χ2n) is 8.27. The van der Waals surface area contributed by atoms with Crippen molar-refractivity contribution >= 4 is 28.9 Å². The van der Waals surface area contributed by atoms with Crippen LogP contribution >= 0.6 is 17.1 Å². The van der Waals surface area contributed by atoms with Crippen LogP contribution in [0.4, 0.5) is 0 Å². The molecule has 0 aliphatic rings. The normalized spacial score (nSPS) is 13.0. The minimum atomic E-state index is -2.79. The summed E-state index contributed by atoms with van der Waals surface area (Å²) in [5.41, 5.74) is 1.06. The van der Waals surface area contributed by atoms with Gasteiger partial charge in [0, 0.05) is 5.69 Å². The van der Waals surface area contributed by atoms with Gasteiger partial charge in [0.15, 0.2) is 0 Å². The Morgan fingerprint density at radius 3 is 1.53 bits per heavy atom. The molecular weight excluding hydrogens is 429 g/mol. The van der Waals surface area contributed by atoms with Crippen molar-refractivity contribution in [2.24, 2.45) is 0 Å². The highest BCUT2D eigenvalue weighted by Gasteiger charge is 2.03. The van der Waals surface area contributed by atoms with E-state index in [0.29, 0.717) is 6.61 Å². The average molecular weight is 484 g/mol. The van der Waals surface area contributed by atoms with Gasteiger partial charge < -0.3 is 15.2 Å². The van der Waals surface area contributed by atoms with Crippen molar-refractivity contribution in [1.29, 1.82) is 0 Å². The van der Waals surface area contributed by atoms with Crippen molar-refractivity contribution in [2.75, 3.05) is 18.9 Å². The van der Waals surface area contributed by atoms with Crippen molar-refractivity contribution in [3.05, 3.63) is 0 Å². The number of hydrogen-bond donors (Lipinski definition) is 1. The van der Waals surface area contributed by atoms with Crippen LogP contribution < -0.4 is 10.6 Å². The van der Waals surface area contributed by atoms with E-state index in [4.69, 9.17) is 16.3 Å². The molecule has 1 atom stereocenters. The van der Waals surface area contributed by atoms with E-state index in [9.17, 15) is 4.89 Å². The minimum absolute atomic E-state index is 0.558. The maximum Gasteiger partial charge on any atom is 0.0739 e. The predicted octanol–water partition coefficient (Wildman–Crippen LogP) is 7.63. The molecule has 0 fully saturated rings. The standard InChI is InChI=1S/C12H27N.C12H27O2PS2/c1-2-3-4-5-6-7-8-9-10-11-12-13;1-3-5-7-9-11-14-15(13,16)17-12-10-8-6-4-2/h2-13H2,1H3;3-12H2,1-2H3,(H,13,16). The molecule has 3 N–H and O–H groups in total. The van der Waals surface area contributed by atoms with Gasteiger partial charge >= 0.3 is 0 Å². The molecule has 30 heavy (non-hydrogen) atoms. The first-order chi connectivity index (χ1) is 14.5. The van der Waals surface area contributed by atoms with Crippen LogP contribution in [0.3, 0.4) is 0 Å². The van der Waals surface area contributed by atoms with Gasteiger partial charge in [-0.2, -0.15) is 0 Å². The van der Waals surface area contributed by atoms with E-state index >= 15 is 0 Å². The van der Waals surface area contributed by atoms with E-state index in [1.165, 1.54) is 108 Å². The van der Waals surface area contributed by atoms with Crippen LogP contribution in [-0.4, -0.2) is 18.9 Å².